The van der Waals surface area contributed by atoms with Crippen molar-refractivity contribution in [2.75, 3.05) is 17.2 Å². The smallest absolute Gasteiger partial charge is 0.248 e. The predicted octanol–water partition coefficient (Wildman–Crippen LogP) is 6.25. The first-order valence-electron chi connectivity index (χ1n) is 13.0. The van der Waals surface area contributed by atoms with Gasteiger partial charge in [-0.3, -0.25) is 10.2 Å². The van der Waals surface area contributed by atoms with Crippen molar-refractivity contribution in [3.63, 3.8) is 0 Å². The van der Waals surface area contributed by atoms with Crippen LogP contribution in [0, 0.1) is 26.2 Å². The van der Waals surface area contributed by atoms with Crippen LogP contribution >= 0.6 is 12.4 Å². The minimum Gasteiger partial charge on any atom is -0.507 e. The van der Waals surface area contributed by atoms with Gasteiger partial charge in [-0.1, -0.05) is 12.1 Å². The Kier molecular flexibility index (Phi) is 9.71. The molecular formula is C31H37ClN4O4. The highest BCUT2D eigenvalue weighted by molar-refractivity contribution is 6.02. The zero-order valence-electron chi connectivity index (χ0n) is 23.3. The van der Waals surface area contributed by atoms with Gasteiger partial charge >= 0.3 is 0 Å². The number of hydrogen-bond acceptors (Lipinski definition) is 5. The summed E-state index contributed by atoms with van der Waals surface area (Å²) in [6, 6.07) is 14.5. The highest BCUT2D eigenvalue weighted by Crippen LogP contribution is 2.44. The third kappa shape index (κ3) is 7.27. The van der Waals surface area contributed by atoms with Gasteiger partial charge in [-0.15, -0.1) is 12.4 Å². The normalized spacial score (nSPS) is 15.9. The lowest BCUT2D eigenvalue weighted by Crippen LogP contribution is -2.38. The zero-order chi connectivity index (χ0) is 28.2. The van der Waals surface area contributed by atoms with Crippen molar-refractivity contribution in [2.24, 2.45) is 5.73 Å². The van der Waals surface area contributed by atoms with E-state index in [1.165, 1.54) is 6.08 Å². The number of halogens is 1. The molecule has 0 bridgehead atoms. The predicted molar refractivity (Wildman–Crippen MR) is 163 cm³/mol. The Morgan fingerprint density at radius 1 is 1.05 bits per heavy atom. The lowest BCUT2D eigenvalue weighted by atomic mass is 9.86. The highest BCUT2D eigenvalue weighted by atomic mass is 35.5. The summed E-state index contributed by atoms with van der Waals surface area (Å²) in [5, 5.41) is 23.2. The number of fused-ring (bicyclic) bond motifs is 1. The molecule has 8 nitrogen and oxygen atoms in total. The number of benzene rings is 3. The fourth-order valence-electron chi connectivity index (χ4n) is 4.68. The van der Waals surface area contributed by atoms with E-state index in [1.807, 2.05) is 45.0 Å². The quantitative estimate of drug-likeness (QED) is 0.125. The van der Waals surface area contributed by atoms with Crippen LogP contribution in [0.4, 0.5) is 11.4 Å². The standard InChI is InChI=1S/C31H36N4O4.ClH/c1-19-20(2)29-26(21(3)28(19)37)15-16-31(4,39-29)17-18-38-25-12-10-23(11-13-25)34-27(36)14-7-22-5-8-24(9-6-22)35-30(32)33;/h5-14,37H,15-18H2,1-4H3,(H,34,36)(H4,32,33,35);1H. The number of anilines is 2. The van der Waals surface area contributed by atoms with Crippen LogP contribution in [0.25, 0.3) is 6.08 Å². The molecule has 40 heavy (non-hydrogen) atoms. The lowest BCUT2D eigenvalue weighted by molar-refractivity contribution is -0.111. The first kappa shape index (κ1) is 30.4. The lowest BCUT2D eigenvalue weighted by Gasteiger charge is -2.38. The largest absolute Gasteiger partial charge is 0.507 e. The molecule has 4 rings (SSSR count). The molecule has 6 N–H and O–H groups in total. The second kappa shape index (κ2) is 12.8. The molecule has 1 atom stereocenters. The number of phenols is 1. The van der Waals surface area contributed by atoms with Crippen molar-refractivity contribution in [2.45, 2.75) is 52.6 Å². The van der Waals surface area contributed by atoms with Crippen molar-refractivity contribution < 1.29 is 19.4 Å². The summed E-state index contributed by atoms with van der Waals surface area (Å²) >= 11 is 0. The molecule has 1 aliphatic rings. The number of hydrogen-bond donors (Lipinski definition) is 5. The number of aromatic hydroxyl groups is 1. The van der Waals surface area contributed by atoms with Crippen molar-refractivity contribution >= 4 is 41.7 Å². The molecule has 0 spiro atoms. The van der Waals surface area contributed by atoms with E-state index in [9.17, 15) is 9.90 Å². The van der Waals surface area contributed by atoms with Gasteiger partial charge in [0.25, 0.3) is 0 Å². The van der Waals surface area contributed by atoms with Crippen LogP contribution < -0.4 is 25.8 Å². The molecule has 9 heteroatoms. The van der Waals surface area contributed by atoms with Gasteiger partial charge in [0, 0.05) is 29.4 Å². The summed E-state index contributed by atoms with van der Waals surface area (Å²) in [5.74, 6) is 1.61. The molecule has 1 unspecified atom stereocenters. The topological polar surface area (TPSA) is 130 Å². The van der Waals surface area contributed by atoms with Crippen molar-refractivity contribution in [3.8, 4) is 17.2 Å². The van der Waals surface area contributed by atoms with Crippen LogP contribution in [-0.4, -0.2) is 29.2 Å². The molecule has 0 saturated carbocycles. The van der Waals surface area contributed by atoms with Gasteiger partial charge in [0.2, 0.25) is 5.91 Å². The molecule has 3 aromatic carbocycles. The van der Waals surface area contributed by atoms with Crippen LogP contribution in [0.2, 0.25) is 0 Å². The second-order valence-electron chi connectivity index (χ2n) is 10.2. The number of nitrogens with two attached hydrogens (primary N) is 1. The molecule has 0 saturated heterocycles. The molecule has 0 aliphatic carbocycles. The first-order valence-corrected chi connectivity index (χ1v) is 13.0. The van der Waals surface area contributed by atoms with Crippen molar-refractivity contribution in [3.05, 3.63) is 82.4 Å². The van der Waals surface area contributed by atoms with Gasteiger partial charge in [-0.05, 0) is 105 Å². The SMILES string of the molecule is Cc1c(C)c2c(c(C)c1O)CCC(C)(CCOc1ccc(NC(=O)C=Cc3ccc(NC(=N)N)cc3)cc1)O2.Cl. The van der Waals surface area contributed by atoms with E-state index in [1.54, 1.807) is 30.3 Å². The third-order valence-corrected chi connectivity index (χ3v) is 7.23. The van der Waals surface area contributed by atoms with E-state index in [4.69, 9.17) is 20.6 Å². The minimum atomic E-state index is -0.349. The molecule has 3 aromatic rings. The number of nitrogens with one attached hydrogen (secondary N) is 3. The van der Waals surface area contributed by atoms with E-state index in [2.05, 4.69) is 17.6 Å². The average Bonchev–Trinajstić information content (AvgIpc) is 2.91. The Hall–Kier alpha value is -4.17. The average molecular weight is 565 g/mol. The Bertz CT molecular complexity index is 1400. The van der Waals surface area contributed by atoms with Gasteiger partial charge in [-0.25, -0.2) is 0 Å². The van der Waals surface area contributed by atoms with Gasteiger partial charge in [0.05, 0.1) is 6.61 Å². The minimum absolute atomic E-state index is 0. The van der Waals surface area contributed by atoms with Gasteiger partial charge in [0.15, 0.2) is 5.96 Å². The Morgan fingerprint density at radius 2 is 1.68 bits per heavy atom. The second-order valence-corrected chi connectivity index (χ2v) is 10.2. The van der Waals surface area contributed by atoms with Gasteiger partial charge in [0.1, 0.15) is 22.8 Å². The van der Waals surface area contributed by atoms with Crippen LogP contribution in [0.1, 0.15) is 47.6 Å². The van der Waals surface area contributed by atoms with E-state index in [0.717, 1.165) is 58.6 Å². The number of amides is 1. The van der Waals surface area contributed by atoms with Gasteiger partial charge < -0.3 is 30.9 Å². The fraction of sp³-hybridized carbons (Fsp3) is 0.290. The number of carbonyl (C=O) groups is 1. The van der Waals surface area contributed by atoms with Crippen molar-refractivity contribution in [1.29, 1.82) is 5.41 Å². The van der Waals surface area contributed by atoms with Crippen LogP contribution in [0.3, 0.4) is 0 Å². The van der Waals surface area contributed by atoms with Crippen LogP contribution in [0.5, 0.6) is 17.2 Å². The van der Waals surface area contributed by atoms with Gasteiger partial charge in [-0.2, -0.15) is 0 Å². The monoisotopic (exact) mass is 564 g/mol. The van der Waals surface area contributed by atoms with E-state index in [-0.39, 0.29) is 29.9 Å². The third-order valence-electron chi connectivity index (χ3n) is 7.23. The summed E-state index contributed by atoms with van der Waals surface area (Å²) in [4.78, 5) is 12.3. The number of rotatable bonds is 8. The Balaban J connectivity index is 0.00000441. The highest BCUT2D eigenvalue weighted by Gasteiger charge is 2.34. The molecule has 1 amide bonds. The van der Waals surface area contributed by atoms with E-state index < -0.39 is 0 Å². The maximum atomic E-state index is 12.3. The van der Waals surface area contributed by atoms with Crippen molar-refractivity contribution in [1.82, 2.24) is 0 Å². The van der Waals surface area contributed by atoms with E-state index >= 15 is 0 Å². The molecule has 212 valence electrons. The summed E-state index contributed by atoms with van der Waals surface area (Å²) in [6.45, 7) is 8.48. The molecule has 0 fully saturated rings. The zero-order valence-corrected chi connectivity index (χ0v) is 24.1. The summed E-state index contributed by atoms with van der Waals surface area (Å²) in [5.41, 5.74) is 11.1. The van der Waals surface area contributed by atoms with Crippen LogP contribution in [-0.2, 0) is 11.2 Å². The molecule has 1 aliphatic heterocycles. The molecule has 0 radical (unpaired) electrons. The Labute approximate surface area is 241 Å². The molecular weight excluding hydrogens is 528 g/mol. The van der Waals surface area contributed by atoms with Crippen LogP contribution in [0.15, 0.2) is 54.6 Å². The summed E-state index contributed by atoms with van der Waals surface area (Å²) in [7, 11) is 0. The number of ether oxygens (including phenoxy) is 2. The summed E-state index contributed by atoms with van der Waals surface area (Å²) < 4.78 is 12.5. The number of phenolic OH excluding ortho intramolecular Hbond substituents is 1. The maximum Gasteiger partial charge on any atom is 0.248 e. The summed E-state index contributed by atoms with van der Waals surface area (Å²) in [6.07, 6.45) is 5.61. The number of guanidine groups is 1. The molecule has 1 heterocycles. The fourth-order valence-corrected chi connectivity index (χ4v) is 4.68. The first-order chi connectivity index (χ1) is 18.5. The Morgan fingerprint density at radius 3 is 2.33 bits per heavy atom. The molecule has 0 aromatic heterocycles. The van der Waals surface area contributed by atoms with E-state index in [0.29, 0.717) is 23.7 Å². The number of carbonyl (C=O) groups excluding carboxylic acids is 1. The maximum absolute atomic E-state index is 12.3.